The molecule has 1 fully saturated rings. The molecule has 140 valence electrons. The van der Waals surface area contributed by atoms with Crippen LogP contribution >= 0.6 is 0 Å². The number of halogens is 3. The van der Waals surface area contributed by atoms with Crippen molar-refractivity contribution in [2.45, 2.75) is 19.0 Å². The van der Waals surface area contributed by atoms with Crippen LogP contribution in [0.1, 0.15) is 18.5 Å². The van der Waals surface area contributed by atoms with Gasteiger partial charge in [0.2, 0.25) is 0 Å². The van der Waals surface area contributed by atoms with Crippen molar-refractivity contribution in [1.29, 1.82) is 0 Å². The molecule has 0 amide bonds. The second kappa shape index (κ2) is 6.49. The Labute approximate surface area is 148 Å². The molecule has 0 aliphatic heterocycles. The molecule has 1 saturated carbocycles. The number of nitrogens with zero attached hydrogens (tertiary/aromatic N) is 3. The van der Waals surface area contributed by atoms with Gasteiger partial charge in [0, 0.05) is 42.2 Å². The highest BCUT2D eigenvalue weighted by Gasteiger charge is 2.45. The molecule has 0 spiro atoms. The highest BCUT2D eigenvalue weighted by molar-refractivity contribution is 7.90. The Morgan fingerprint density at radius 3 is 2.38 bits per heavy atom. The summed E-state index contributed by atoms with van der Waals surface area (Å²) >= 11 is 0. The molecule has 0 saturated heterocycles. The largest absolute Gasteiger partial charge is 0.433 e. The van der Waals surface area contributed by atoms with E-state index in [1.165, 1.54) is 24.5 Å². The van der Waals surface area contributed by atoms with Gasteiger partial charge in [-0.3, -0.25) is 4.98 Å². The third kappa shape index (κ3) is 4.69. The summed E-state index contributed by atoms with van der Waals surface area (Å²) < 4.78 is 62.5. The molecular formula is C16H17F3N4O2S. The molecule has 0 radical (unpaired) electrons. The van der Waals surface area contributed by atoms with Gasteiger partial charge in [-0.15, -0.1) is 0 Å². The molecule has 2 aromatic heterocycles. The minimum atomic E-state index is -4.62. The molecule has 6 nitrogen and oxygen atoms in total. The van der Waals surface area contributed by atoms with Crippen molar-refractivity contribution in [2.24, 2.45) is 5.41 Å². The molecule has 10 heteroatoms. The van der Waals surface area contributed by atoms with Crippen LogP contribution in [0.3, 0.4) is 0 Å². The van der Waals surface area contributed by atoms with Gasteiger partial charge in [0.25, 0.3) is 0 Å². The smallest absolute Gasteiger partial charge is 0.369 e. The Hall–Kier alpha value is -2.23. The molecule has 2 aromatic rings. The van der Waals surface area contributed by atoms with Gasteiger partial charge in [-0.25, -0.2) is 18.4 Å². The van der Waals surface area contributed by atoms with E-state index in [1.54, 1.807) is 0 Å². The van der Waals surface area contributed by atoms with Crippen LogP contribution in [0, 0.1) is 5.41 Å². The first-order valence-electron chi connectivity index (χ1n) is 7.85. The minimum Gasteiger partial charge on any atom is -0.369 e. The predicted molar refractivity (Wildman–Crippen MR) is 90.1 cm³/mol. The van der Waals surface area contributed by atoms with Crippen molar-refractivity contribution in [3.8, 4) is 11.4 Å². The lowest BCUT2D eigenvalue weighted by atomic mass is 10.1. The minimum absolute atomic E-state index is 0.00141. The maximum Gasteiger partial charge on any atom is 0.433 e. The molecule has 26 heavy (non-hydrogen) atoms. The maximum atomic E-state index is 13.2. The average Bonchev–Trinajstić information content (AvgIpc) is 3.30. The van der Waals surface area contributed by atoms with Crippen molar-refractivity contribution >= 4 is 15.7 Å². The van der Waals surface area contributed by atoms with E-state index in [1.807, 2.05) is 0 Å². The first kappa shape index (κ1) is 18.6. The third-order valence-corrected chi connectivity index (χ3v) is 5.26. The normalized spacial score (nSPS) is 16.3. The van der Waals surface area contributed by atoms with E-state index in [0.717, 1.165) is 12.3 Å². The van der Waals surface area contributed by atoms with Gasteiger partial charge < -0.3 is 5.32 Å². The quantitative estimate of drug-likeness (QED) is 0.822. The zero-order valence-corrected chi connectivity index (χ0v) is 14.7. The predicted octanol–water partition coefficient (Wildman–Crippen LogP) is 2.79. The van der Waals surface area contributed by atoms with Crippen molar-refractivity contribution in [2.75, 3.05) is 23.9 Å². The highest BCUT2D eigenvalue weighted by atomic mass is 32.2. The molecule has 2 heterocycles. The lowest BCUT2D eigenvalue weighted by Gasteiger charge is -2.17. The van der Waals surface area contributed by atoms with Crippen LogP contribution in [0.4, 0.5) is 19.0 Å². The number of nitrogens with one attached hydrogen (secondary N) is 1. The summed E-state index contributed by atoms with van der Waals surface area (Å²) in [5.74, 6) is -0.0573. The number of anilines is 1. The Bertz CT molecular complexity index is 897. The monoisotopic (exact) mass is 386 g/mol. The van der Waals surface area contributed by atoms with E-state index in [9.17, 15) is 21.6 Å². The number of aromatic nitrogens is 3. The molecule has 0 atom stereocenters. The fourth-order valence-electron chi connectivity index (χ4n) is 2.70. The van der Waals surface area contributed by atoms with Crippen LogP contribution in [0.15, 0.2) is 30.6 Å². The number of pyridine rings is 1. The molecule has 1 N–H and O–H groups in total. The second-order valence-corrected chi connectivity index (χ2v) is 8.76. The first-order valence-corrected chi connectivity index (χ1v) is 9.91. The highest BCUT2D eigenvalue weighted by Crippen LogP contribution is 2.46. The van der Waals surface area contributed by atoms with Gasteiger partial charge in [0.15, 0.2) is 11.5 Å². The lowest BCUT2D eigenvalue weighted by Crippen LogP contribution is -2.24. The standard InChI is InChI=1S/C16H17F3N4O2S/c1-26(24,25)10-15(4-5-15)9-21-13-8-12(16(17,18)19)22-14(23-13)11-2-6-20-7-3-11/h2-3,6-8H,4-5,9-10H2,1H3,(H,21,22,23). The van der Waals surface area contributed by atoms with Gasteiger partial charge in [0.05, 0.1) is 5.75 Å². The van der Waals surface area contributed by atoms with Gasteiger partial charge >= 0.3 is 6.18 Å². The van der Waals surface area contributed by atoms with Crippen molar-refractivity contribution in [1.82, 2.24) is 15.0 Å². The number of hydrogen-bond acceptors (Lipinski definition) is 6. The Morgan fingerprint density at radius 2 is 1.85 bits per heavy atom. The van der Waals surface area contributed by atoms with Crippen LogP contribution in [-0.4, -0.2) is 41.9 Å². The van der Waals surface area contributed by atoms with Crippen LogP contribution in [-0.2, 0) is 16.0 Å². The van der Waals surface area contributed by atoms with E-state index >= 15 is 0 Å². The molecule has 1 aliphatic rings. The molecular weight excluding hydrogens is 369 g/mol. The van der Waals surface area contributed by atoms with Crippen molar-refractivity contribution < 1.29 is 21.6 Å². The van der Waals surface area contributed by atoms with Crippen LogP contribution in [0.2, 0.25) is 0 Å². The van der Waals surface area contributed by atoms with E-state index in [0.29, 0.717) is 18.4 Å². The topological polar surface area (TPSA) is 84.8 Å². The summed E-state index contributed by atoms with van der Waals surface area (Å²) in [6.07, 6.45) is 0.837. The van der Waals surface area contributed by atoms with Gasteiger partial charge in [-0.05, 0) is 25.0 Å². The lowest BCUT2D eigenvalue weighted by molar-refractivity contribution is -0.141. The van der Waals surface area contributed by atoms with E-state index in [4.69, 9.17) is 0 Å². The average molecular weight is 386 g/mol. The van der Waals surface area contributed by atoms with E-state index < -0.39 is 27.1 Å². The van der Waals surface area contributed by atoms with Crippen molar-refractivity contribution in [3.05, 3.63) is 36.3 Å². The summed E-state index contributed by atoms with van der Waals surface area (Å²) in [4.78, 5) is 11.6. The first-order chi connectivity index (χ1) is 12.1. The molecule has 3 rings (SSSR count). The molecule has 0 aromatic carbocycles. The Kier molecular flexibility index (Phi) is 4.63. The van der Waals surface area contributed by atoms with E-state index in [-0.39, 0.29) is 23.9 Å². The SMILES string of the molecule is CS(=O)(=O)CC1(CNc2cc(C(F)(F)F)nc(-c3ccncc3)n2)CC1. The Balaban J connectivity index is 1.87. The van der Waals surface area contributed by atoms with Crippen molar-refractivity contribution in [3.63, 3.8) is 0 Å². The zero-order valence-electron chi connectivity index (χ0n) is 13.9. The summed E-state index contributed by atoms with van der Waals surface area (Å²) in [7, 11) is -3.17. The van der Waals surface area contributed by atoms with Crippen LogP contribution in [0.5, 0.6) is 0 Å². The fourth-order valence-corrected chi connectivity index (χ4v) is 4.20. The maximum absolute atomic E-state index is 13.2. The van der Waals surface area contributed by atoms with Gasteiger partial charge in [-0.2, -0.15) is 13.2 Å². The van der Waals surface area contributed by atoms with Crippen LogP contribution < -0.4 is 5.32 Å². The van der Waals surface area contributed by atoms with E-state index in [2.05, 4.69) is 20.3 Å². The zero-order chi connectivity index (χ0) is 19.0. The second-order valence-electron chi connectivity index (χ2n) is 6.62. The molecule has 0 unspecified atom stereocenters. The number of sulfone groups is 1. The summed E-state index contributed by atoms with van der Waals surface area (Å²) in [6, 6.07) is 3.87. The Morgan fingerprint density at radius 1 is 1.19 bits per heavy atom. The third-order valence-electron chi connectivity index (χ3n) is 4.13. The fraction of sp³-hybridized carbons (Fsp3) is 0.438. The number of alkyl halides is 3. The number of rotatable bonds is 6. The molecule has 0 bridgehead atoms. The summed E-state index contributed by atoms with van der Waals surface area (Å²) in [5, 5.41) is 2.86. The summed E-state index contributed by atoms with van der Waals surface area (Å²) in [5.41, 5.74) is -1.09. The van der Waals surface area contributed by atoms with Gasteiger partial charge in [0.1, 0.15) is 15.7 Å². The summed E-state index contributed by atoms with van der Waals surface area (Å²) in [6.45, 7) is 0.240. The van der Waals surface area contributed by atoms with Crippen LogP contribution in [0.25, 0.3) is 11.4 Å². The molecule has 1 aliphatic carbocycles. The number of hydrogen-bond donors (Lipinski definition) is 1. The van der Waals surface area contributed by atoms with Gasteiger partial charge in [-0.1, -0.05) is 0 Å².